The van der Waals surface area contributed by atoms with E-state index in [2.05, 4.69) is 20.3 Å². The molecule has 0 spiro atoms. The van der Waals surface area contributed by atoms with Crippen molar-refractivity contribution in [1.29, 1.82) is 0 Å². The molecule has 0 aliphatic heterocycles. The topological polar surface area (TPSA) is 116 Å². The van der Waals surface area contributed by atoms with E-state index in [-0.39, 0.29) is 23.4 Å². The van der Waals surface area contributed by atoms with Gasteiger partial charge in [-0.25, -0.2) is 9.97 Å². The summed E-state index contributed by atoms with van der Waals surface area (Å²) in [5, 5.41) is 14.0. The predicted molar refractivity (Wildman–Crippen MR) is 68.5 cm³/mol. The fourth-order valence-corrected chi connectivity index (χ4v) is 1.62. The highest BCUT2D eigenvalue weighted by molar-refractivity contribution is 5.61. The molecule has 1 N–H and O–H groups in total. The molecule has 106 valence electrons. The zero-order valence-electron chi connectivity index (χ0n) is 11.2. The smallest absolute Gasteiger partial charge is 0.372 e. The van der Waals surface area contributed by atoms with Crippen LogP contribution in [0, 0.1) is 17.0 Å². The lowest BCUT2D eigenvalue weighted by molar-refractivity contribution is -0.385. The maximum Gasteiger partial charge on any atom is 0.372 e. The first-order valence-electron chi connectivity index (χ1n) is 5.75. The van der Waals surface area contributed by atoms with Gasteiger partial charge in [0, 0.05) is 0 Å². The first-order valence-corrected chi connectivity index (χ1v) is 5.75. The Labute approximate surface area is 114 Å². The van der Waals surface area contributed by atoms with Crippen LogP contribution in [-0.4, -0.2) is 27.0 Å². The Hall–Kier alpha value is -2.71. The maximum atomic E-state index is 11.1. The monoisotopic (exact) mass is 279 g/mol. The van der Waals surface area contributed by atoms with Crippen LogP contribution in [0.3, 0.4) is 0 Å². The average molecular weight is 279 g/mol. The number of hydrogen-bond donors (Lipinski definition) is 1. The minimum atomic E-state index is -0.602. The highest BCUT2D eigenvalue weighted by Gasteiger charge is 2.26. The molecule has 0 aliphatic rings. The molecule has 9 heteroatoms. The van der Waals surface area contributed by atoms with Crippen molar-refractivity contribution in [2.75, 3.05) is 12.4 Å². The molecule has 0 fully saturated rings. The average Bonchev–Trinajstić information content (AvgIpc) is 2.84. The number of ether oxygens (including phenoxy) is 1. The standard InChI is InChI=1S/C11H13N5O4/c1-6-4-12-10(20-6)7(2)15-9-8(16(17)18)11(19-3)14-5-13-9/h4-5,7H,1-3H3,(H,13,14,15). The number of nitrogens with zero attached hydrogens (tertiary/aromatic N) is 4. The van der Waals surface area contributed by atoms with Crippen LogP contribution in [0.2, 0.25) is 0 Å². The molecule has 1 unspecified atom stereocenters. The van der Waals surface area contributed by atoms with E-state index in [1.165, 1.54) is 13.4 Å². The summed E-state index contributed by atoms with van der Waals surface area (Å²) >= 11 is 0. The predicted octanol–water partition coefficient (Wildman–Crippen LogP) is 1.86. The van der Waals surface area contributed by atoms with Crippen molar-refractivity contribution in [1.82, 2.24) is 15.0 Å². The molecular formula is C11H13N5O4. The Morgan fingerprint density at radius 1 is 1.45 bits per heavy atom. The van der Waals surface area contributed by atoms with Gasteiger partial charge in [0.15, 0.2) is 0 Å². The van der Waals surface area contributed by atoms with Crippen molar-refractivity contribution < 1.29 is 14.1 Å². The lowest BCUT2D eigenvalue weighted by atomic mass is 10.3. The van der Waals surface area contributed by atoms with E-state index in [9.17, 15) is 10.1 Å². The van der Waals surface area contributed by atoms with Gasteiger partial charge in [-0.2, -0.15) is 4.98 Å². The van der Waals surface area contributed by atoms with Crippen LogP contribution >= 0.6 is 0 Å². The summed E-state index contributed by atoms with van der Waals surface area (Å²) < 4.78 is 10.2. The van der Waals surface area contributed by atoms with Crippen LogP contribution in [0.15, 0.2) is 16.9 Å². The molecule has 2 aromatic rings. The number of rotatable bonds is 5. The molecule has 2 heterocycles. The van der Waals surface area contributed by atoms with E-state index < -0.39 is 4.92 Å². The van der Waals surface area contributed by atoms with Gasteiger partial charge in [-0.15, -0.1) is 0 Å². The molecule has 0 radical (unpaired) electrons. The molecule has 20 heavy (non-hydrogen) atoms. The fourth-order valence-electron chi connectivity index (χ4n) is 1.62. The Morgan fingerprint density at radius 3 is 2.75 bits per heavy atom. The number of aryl methyl sites for hydroxylation is 1. The van der Waals surface area contributed by atoms with Gasteiger partial charge in [0.2, 0.25) is 11.7 Å². The third kappa shape index (κ3) is 2.66. The first kappa shape index (κ1) is 13.7. The summed E-state index contributed by atoms with van der Waals surface area (Å²) in [5.41, 5.74) is -0.329. The highest BCUT2D eigenvalue weighted by Crippen LogP contribution is 2.32. The second-order valence-electron chi connectivity index (χ2n) is 4.01. The van der Waals surface area contributed by atoms with Crippen molar-refractivity contribution >= 4 is 11.5 Å². The van der Waals surface area contributed by atoms with Crippen LogP contribution in [-0.2, 0) is 0 Å². The van der Waals surface area contributed by atoms with E-state index >= 15 is 0 Å². The van der Waals surface area contributed by atoms with Gasteiger partial charge in [0.25, 0.3) is 5.88 Å². The van der Waals surface area contributed by atoms with Gasteiger partial charge in [0.1, 0.15) is 18.1 Å². The van der Waals surface area contributed by atoms with Gasteiger partial charge >= 0.3 is 5.69 Å². The molecule has 1 atom stereocenters. The number of methoxy groups -OCH3 is 1. The Morgan fingerprint density at radius 2 is 2.20 bits per heavy atom. The largest absolute Gasteiger partial charge is 0.476 e. The number of oxazole rings is 1. The van der Waals surface area contributed by atoms with Gasteiger partial charge in [-0.05, 0) is 13.8 Å². The minimum absolute atomic E-state index is 0.0465. The minimum Gasteiger partial charge on any atom is -0.476 e. The summed E-state index contributed by atoms with van der Waals surface area (Å²) in [7, 11) is 1.31. The lowest BCUT2D eigenvalue weighted by Crippen LogP contribution is -2.11. The Balaban J connectivity index is 2.31. The third-order valence-corrected chi connectivity index (χ3v) is 2.53. The molecule has 0 bridgehead atoms. The molecular weight excluding hydrogens is 266 g/mol. The van der Waals surface area contributed by atoms with Crippen molar-refractivity contribution in [3.8, 4) is 5.88 Å². The first-order chi connectivity index (χ1) is 9.52. The number of anilines is 1. The zero-order valence-corrected chi connectivity index (χ0v) is 11.2. The summed E-state index contributed by atoms with van der Waals surface area (Å²) in [4.78, 5) is 22.1. The van der Waals surface area contributed by atoms with Crippen molar-refractivity contribution in [2.45, 2.75) is 19.9 Å². The highest BCUT2D eigenvalue weighted by atomic mass is 16.6. The van der Waals surface area contributed by atoms with Crippen LogP contribution in [0.4, 0.5) is 11.5 Å². The quantitative estimate of drug-likeness (QED) is 0.651. The van der Waals surface area contributed by atoms with Gasteiger partial charge in [-0.1, -0.05) is 0 Å². The second-order valence-corrected chi connectivity index (χ2v) is 4.01. The maximum absolute atomic E-state index is 11.1. The van der Waals surface area contributed by atoms with E-state index in [0.29, 0.717) is 11.7 Å². The lowest BCUT2D eigenvalue weighted by Gasteiger charge is -2.11. The molecule has 9 nitrogen and oxygen atoms in total. The van der Waals surface area contributed by atoms with Gasteiger partial charge < -0.3 is 14.5 Å². The summed E-state index contributed by atoms with van der Waals surface area (Å²) in [6.45, 7) is 3.52. The number of aromatic nitrogens is 3. The van der Waals surface area contributed by atoms with Crippen LogP contribution in [0.5, 0.6) is 5.88 Å². The molecule has 2 aromatic heterocycles. The molecule has 0 saturated carbocycles. The summed E-state index contributed by atoms with van der Waals surface area (Å²) in [6, 6.07) is -0.387. The fraction of sp³-hybridized carbons (Fsp3) is 0.364. The van der Waals surface area contributed by atoms with Gasteiger partial charge in [0.05, 0.1) is 18.2 Å². The normalized spacial score (nSPS) is 11.9. The van der Waals surface area contributed by atoms with E-state index in [1.54, 1.807) is 20.0 Å². The van der Waals surface area contributed by atoms with Crippen LogP contribution in [0.25, 0.3) is 0 Å². The molecule has 0 saturated heterocycles. The van der Waals surface area contributed by atoms with E-state index in [0.717, 1.165) is 0 Å². The zero-order chi connectivity index (χ0) is 14.7. The van der Waals surface area contributed by atoms with Crippen molar-refractivity contribution in [3.05, 3.63) is 34.3 Å². The molecule has 2 rings (SSSR count). The molecule has 0 aromatic carbocycles. The van der Waals surface area contributed by atoms with Crippen molar-refractivity contribution in [3.63, 3.8) is 0 Å². The van der Waals surface area contributed by atoms with Crippen molar-refractivity contribution in [2.24, 2.45) is 0 Å². The van der Waals surface area contributed by atoms with Crippen LogP contribution in [0.1, 0.15) is 24.6 Å². The Kier molecular flexibility index (Phi) is 3.78. The number of hydrogen-bond acceptors (Lipinski definition) is 8. The summed E-state index contributed by atoms with van der Waals surface area (Å²) in [5.74, 6) is 1.01. The summed E-state index contributed by atoms with van der Waals surface area (Å²) in [6.07, 6.45) is 2.75. The van der Waals surface area contributed by atoms with Gasteiger partial charge in [-0.3, -0.25) is 10.1 Å². The van der Waals surface area contributed by atoms with Crippen LogP contribution < -0.4 is 10.1 Å². The molecule has 0 amide bonds. The second kappa shape index (κ2) is 5.51. The number of nitrogens with one attached hydrogen (secondary N) is 1. The molecule has 0 aliphatic carbocycles. The van der Waals surface area contributed by atoms with E-state index in [1.807, 2.05) is 0 Å². The Bertz CT molecular complexity index is 627. The van der Waals surface area contributed by atoms with E-state index in [4.69, 9.17) is 9.15 Å². The SMILES string of the molecule is COc1ncnc(NC(C)c2ncc(C)o2)c1[N+](=O)[O-]. The number of nitro groups is 1. The third-order valence-electron chi connectivity index (χ3n) is 2.53.